The van der Waals surface area contributed by atoms with Gasteiger partial charge in [-0.2, -0.15) is 4.31 Å². The Labute approximate surface area is 123 Å². The molecule has 3 heterocycles. The number of rotatable bonds is 3. The normalized spacial score (nSPS) is 28.7. The summed E-state index contributed by atoms with van der Waals surface area (Å²) in [5.41, 5.74) is 0. The minimum Gasteiger partial charge on any atom is -0.391 e. The van der Waals surface area contributed by atoms with E-state index in [0.717, 1.165) is 19.5 Å². The molecule has 2 saturated heterocycles. The van der Waals surface area contributed by atoms with Crippen molar-refractivity contribution in [2.24, 2.45) is 0 Å². The van der Waals surface area contributed by atoms with Crippen LogP contribution in [-0.4, -0.2) is 54.4 Å². The van der Waals surface area contributed by atoms with Gasteiger partial charge in [0, 0.05) is 30.1 Å². The van der Waals surface area contributed by atoms with Crippen LogP contribution in [0.15, 0.2) is 16.3 Å². The highest BCUT2D eigenvalue weighted by atomic mass is 32.2. The summed E-state index contributed by atoms with van der Waals surface area (Å²) in [5.74, 6) is 0. The van der Waals surface area contributed by atoms with Gasteiger partial charge in [-0.15, -0.1) is 11.3 Å². The number of nitrogens with zero attached hydrogens (tertiary/aromatic N) is 2. The lowest BCUT2D eigenvalue weighted by molar-refractivity contribution is 0.117. The molecule has 5 nitrogen and oxygen atoms in total. The van der Waals surface area contributed by atoms with E-state index in [0.29, 0.717) is 21.7 Å². The fraction of sp³-hybridized carbons (Fsp3) is 0.692. The monoisotopic (exact) mass is 316 g/mol. The van der Waals surface area contributed by atoms with Gasteiger partial charge >= 0.3 is 0 Å². The smallest absolute Gasteiger partial charge is 0.252 e. The van der Waals surface area contributed by atoms with E-state index >= 15 is 0 Å². The van der Waals surface area contributed by atoms with Crippen molar-refractivity contribution >= 4 is 21.4 Å². The Morgan fingerprint density at radius 3 is 2.90 bits per heavy atom. The molecule has 2 atom stereocenters. The summed E-state index contributed by atoms with van der Waals surface area (Å²) >= 11 is 1.17. The summed E-state index contributed by atoms with van der Waals surface area (Å²) < 4.78 is 27.5. The molecule has 0 spiro atoms. The van der Waals surface area contributed by atoms with E-state index in [1.54, 1.807) is 16.4 Å². The highest BCUT2D eigenvalue weighted by molar-refractivity contribution is 7.91. The molecule has 0 aromatic carbocycles. The summed E-state index contributed by atoms with van der Waals surface area (Å²) in [5, 5.41) is 9.10. The second-order valence-electron chi connectivity index (χ2n) is 5.59. The number of hydrogen-bond acceptors (Lipinski definition) is 5. The largest absolute Gasteiger partial charge is 0.391 e. The number of thiophene rings is 1. The van der Waals surface area contributed by atoms with Gasteiger partial charge in [-0.25, -0.2) is 8.42 Å². The Balaban J connectivity index is 1.86. The van der Waals surface area contributed by atoms with Gasteiger partial charge < -0.3 is 5.11 Å². The third-order valence-electron chi connectivity index (χ3n) is 4.24. The van der Waals surface area contributed by atoms with E-state index < -0.39 is 10.0 Å². The maximum absolute atomic E-state index is 12.8. The first-order valence-electron chi connectivity index (χ1n) is 6.98. The zero-order chi connectivity index (χ0) is 14.3. The Morgan fingerprint density at radius 1 is 1.40 bits per heavy atom. The molecule has 2 aliphatic heterocycles. The average molecular weight is 316 g/mol. The van der Waals surface area contributed by atoms with Gasteiger partial charge in [0.25, 0.3) is 10.0 Å². The molecule has 2 unspecified atom stereocenters. The van der Waals surface area contributed by atoms with Crippen molar-refractivity contribution in [1.29, 1.82) is 0 Å². The van der Waals surface area contributed by atoms with Crippen molar-refractivity contribution in [3.8, 4) is 0 Å². The van der Waals surface area contributed by atoms with E-state index in [4.69, 9.17) is 5.11 Å². The molecule has 20 heavy (non-hydrogen) atoms. The molecule has 3 rings (SSSR count). The summed E-state index contributed by atoms with van der Waals surface area (Å²) in [7, 11) is -3.43. The highest BCUT2D eigenvalue weighted by Crippen LogP contribution is 2.31. The number of aliphatic hydroxyl groups excluding tert-OH is 1. The number of hydrogen-bond donors (Lipinski definition) is 1. The van der Waals surface area contributed by atoms with E-state index in [1.807, 2.05) is 6.92 Å². The molecule has 0 amide bonds. The van der Waals surface area contributed by atoms with Crippen LogP contribution in [0.1, 0.15) is 24.6 Å². The van der Waals surface area contributed by atoms with Gasteiger partial charge in [0.05, 0.1) is 6.61 Å². The Bertz CT molecular complexity index is 584. The molecular formula is C13H20N2O3S2. The minimum absolute atomic E-state index is 0.00836. The topological polar surface area (TPSA) is 60.9 Å². The maximum atomic E-state index is 12.8. The SMILES string of the molecule is CC1CN2CCCC2CN1S(=O)(=O)c1ccc(CO)s1. The van der Waals surface area contributed by atoms with Crippen molar-refractivity contribution in [2.75, 3.05) is 19.6 Å². The zero-order valence-electron chi connectivity index (χ0n) is 11.5. The average Bonchev–Trinajstić information content (AvgIpc) is 3.05. The predicted octanol–water partition coefficient (Wildman–Crippen LogP) is 1.10. The molecule has 1 aromatic rings. The number of sulfonamides is 1. The van der Waals surface area contributed by atoms with Crippen LogP contribution in [0.25, 0.3) is 0 Å². The van der Waals surface area contributed by atoms with Gasteiger partial charge in [0.1, 0.15) is 4.21 Å². The first kappa shape index (κ1) is 14.5. The number of piperazine rings is 1. The predicted molar refractivity (Wildman–Crippen MR) is 78.2 cm³/mol. The van der Waals surface area contributed by atoms with Crippen LogP contribution >= 0.6 is 11.3 Å². The molecule has 0 aliphatic carbocycles. The van der Waals surface area contributed by atoms with Crippen molar-refractivity contribution in [3.05, 3.63) is 17.0 Å². The van der Waals surface area contributed by atoms with E-state index in [2.05, 4.69) is 4.90 Å². The second-order valence-corrected chi connectivity index (χ2v) is 8.88. The summed E-state index contributed by atoms with van der Waals surface area (Å²) in [4.78, 5) is 3.10. The molecular weight excluding hydrogens is 296 g/mol. The lowest BCUT2D eigenvalue weighted by Gasteiger charge is -2.41. The van der Waals surface area contributed by atoms with Gasteiger partial charge in [-0.1, -0.05) is 0 Å². The first-order chi connectivity index (χ1) is 9.52. The molecule has 1 N–H and O–H groups in total. The van der Waals surface area contributed by atoms with Gasteiger partial charge in [0.2, 0.25) is 0 Å². The van der Waals surface area contributed by atoms with Crippen LogP contribution in [0, 0.1) is 0 Å². The molecule has 0 radical (unpaired) electrons. The van der Waals surface area contributed by atoms with Gasteiger partial charge in [0.15, 0.2) is 0 Å². The Hall–Kier alpha value is -0.470. The Morgan fingerprint density at radius 2 is 2.20 bits per heavy atom. The lowest BCUT2D eigenvalue weighted by atomic mass is 10.1. The fourth-order valence-corrected chi connectivity index (χ4v) is 6.20. The van der Waals surface area contributed by atoms with E-state index in [9.17, 15) is 8.42 Å². The standard InChI is InChI=1S/C13H20N2O3S2/c1-10-7-14-6-2-3-11(14)8-15(10)20(17,18)13-5-4-12(9-16)19-13/h4-5,10-11,16H,2-3,6-9H2,1H3. The maximum Gasteiger partial charge on any atom is 0.252 e. The van der Waals surface area contributed by atoms with Gasteiger partial charge in [-0.05, 0) is 38.4 Å². The molecule has 1 aromatic heterocycles. The van der Waals surface area contributed by atoms with Crippen LogP contribution in [0.5, 0.6) is 0 Å². The summed E-state index contributed by atoms with van der Waals surface area (Å²) in [6.07, 6.45) is 2.25. The van der Waals surface area contributed by atoms with Gasteiger partial charge in [-0.3, -0.25) is 4.90 Å². The van der Waals surface area contributed by atoms with Crippen LogP contribution in [0.4, 0.5) is 0 Å². The zero-order valence-corrected chi connectivity index (χ0v) is 13.2. The third-order valence-corrected chi connectivity index (χ3v) is 7.75. The van der Waals surface area contributed by atoms with E-state index in [1.165, 1.54) is 17.8 Å². The Kier molecular flexibility index (Phi) is 3.89. The number of fused-ring (bicyclic) bond motifs is 1. The lowest BCUT2D eigenvalue weighted by Crippen LogP contribution is -2.56. The molecule has 0 saturated carbocycles. The molecule has 2 fully saturated rings. The molecule has 7 heteroatoms. The van der Waals surface area contributed by atoms with Crippen molar-refractivity contribution in [3.63, 3.8) is 0 Å². The molecule has 0 bridgehead atoms. The van der Waals surface area contributed by atoms with Crippen LogP contribution in [-0.2, 0) is 16.6 Å². The van der Waals surface area contributed by atoms with E-state index in [-0.39, 0.29) is 12.6 Å². The van der Waals surface area contributed by atoms with Crippen molar-refractivity contribution < 1.29 is 13.5 Å². The fourth-order valence-electron chi connectivity index (χ4n) is 3.19. The summed E-state index contributed by atoms with van der Waals surface area (Å²) in [6, 6.07) is 3.68. The minimum atomic E-state index is -3.43. The second kappa shape index (κ2) is 5.38. The number of aliphatic hydroxyl groups is 1. The van der Waals surface area contributed by atoms with Crippen molar-refractivity contribution in [1.82, 2.24) is 9.21 Å². The first-order valence-corrected chi connectivity index (χ1v) is 9.23. The van der Waals surface area contributed by atoms with Crippen LogP contribution in [0.3, 0.4) is 0 Å². The molecule has 2 aliphatic rings. The third kappa shape index (κ3) is 2.42. The van der Waals surface area contributed by atoms with Crippen LogP contribution < -0.4 is 0 Å². The quantitative estimate of drug-likeness (QED) is 0.907. The van der Waals surface area contributed by atoms with Crippen molar-refractivity contribution in [2.45, 2.75) is 42.7 Å². The van der Waals surface area contributed by atoms with Crippen LogP contribution in [0.2, 0.25) is 0 Å². The molecule has 112 valence electrons. The highest BCUT2D eigenvalue weighted by Gasteiger charge is 2.40. The summed E-state index contributed by atoms with van der Waals surface area (Å²) in [6.45, 7) is 4.38.